The Bertz CT molecular complexity index is 1240. The summed E-state index contributed by atoms with van der Waals surface area (Å²) in [6, 6.07) is 0.0626. The topological polar surface area (TPSA) is 119 Å². The van der Waals surface area contributed by atoms with Crippen molar-refractivity contribution in [1.82, 2.24) is 24.3 Å². The number of unbranched alkanes of at least 4 members (excludes halogenated alkanes) is 1. The molecule has 3 heterocycles. The lowest BCUT2D eigenvalue weighted by molar-refractivity contribution is -0.136. The quantitative estimate of drug-likeness (QED) is 0.532. The van der Waals surface area contributed by atoms with Crippen molar-refractivity contribution in [3.8, 4) is 0 Å². The molecular formula is C21H27N5O4S. The Kier molecular flexibility index (Phi) is 6.10. The van der Waals surface area contributed by atoms with Crippen LogP contribution in [0.1, 0.15) is 48.5 Å². The molecule has 2 aliphatic rings. The number of fused-ring (bicyclic) bond motifs is 3. The number of sulfonamides is 1. The molecule has 0 bridgehead atoms. The fourth-order valence-corrected chi connectivity index (χ4v) is 4.83. The highest BCUT2D eigenvalue weighted by Crippen LogP contribution is 2.22. The van der Waals surface area contributed by atoms with Gasteiger partial charge in [0.25, 0.3) is 0 Å². The third-order valence-electron chi connectivity index (χ3n) is 5.69. The number of hydrogen-bond donors (Lipinski definition) is 2. The van der Waals surface area contributed by atoms with E-state index in [9.17, 15) is 18.3 Å². The van der Waals surface area contributed by atoms with Gasteiger partial charge in [-0.05, 0) is 55.7 Å². The van der Waals surface area contributed by atoms with E-state index < -0.39 is 16.0 Å². The molecule has 2 aromatic heterocycles. The summed E-state index contributed by atoms with van der Waals surface area (Å²) in [5.74, 6) is -0.811. The molecule has 0 spiro atoms. The summed E-state index contributed by atoms with van der Waals surface area (Å²) in [7, 11) is -3.14. The van der Waals surface area contributed by atoms with E-state index in [0.717, 1.165) is 72.3 Å². The summed E-state index contributed by atoms with van der Waals surface area (Å²) in [4.78, 5) is 11.4. The Morgan fingerprint density at radius 3 is 2.94 bits per heavy atom. The molecule has 0 radical (unpaired) electrons. The molecular weight excluding hydrogens is 418 g/mol. The van der Waals surface area contributed by atoms with Crippen LogP contribution in [0, 0.1) is 0 Å². The lowest BCUT2D eigenvalue weighted by Gasteiger charge is -2.17. The van der Waals surface area contributed by atoms with Crippen molar-refractivity contribution in [3.05, 3.63) is 39.8 Å². The van der Waals surface area contributed by atoms with Crippen molar-refractivity contribution in [2.75, 3.05) is 12.8 Å². The number of allylic oxidation sites excluding steroid dienone is 1. The molecule has 1 aliphatic carbocycles. The summed E-state index contributed by atoms with van der Waals surface area (Å²) in [5.41, 5.74) is 2.93. The van der Waals surface area contributed by atoms with Crippen molar-refractivity contribution in [2.24, 2.45) is 0 Å². The molecule has 4 rings (SSSR count). The number of aliphatic carboxylic acids is 1. The fourth-order valence-electron chi connectivity index (χ4n) is 4.31. The first kappa shape index (κ1) is 21.5. The van der Waals surface area contributed by atoms with Crippen LogP contribution in [0.15, 0.2) is 12.3 Å². The maximum atomic E-state index is 11.4. The van der Waals surface area contributed by atoms with Crippen LogP contribution >= 0.6 is 0 Å². The highest BCUT2D eigenvalue weighted by atomic mass is 32.2. The van der Waals surface area contributed by atoms with Crippen LogP contribution in [0.25, 0.3) is 18.4 Å². The van der Waals surface area contributed by atoms with E-state index in [-0.39, 0.29) is 12.5 Å². The summed E-state index contributed by atoms with van der Waals surface area (Å²) in [5, 5.41) is 20.0. The minimum atomic E-state index is -3.14. The molecule has 2 aromatic rings. The molecule has 0 amide bonds. The second kappa shape index (κ2) is 8.80. The minimum Gasteiger partial charge on any atom is -0.481 e. The van der Waals surface area contributed by atoms with E-state index in [1.165, 1.54) is 0 Å². The third kappa shape index (κ3) is 4.96. The Labute approximate surface area is 180 Å². The highest BCUT2D eigenvalue weighted by Gasteiger charge is 2.23. The van der Waals surface area contributed by atoms with Crippen LogP contribution in [-0.2, 0) is 34.1 Å². The third-order valence-corrected chi connectivity index (χ3v) is 6.42. The van der Waals surface area contributed by atoms with Crippen LogP contribution in [0.3, 0.4) is 0 Å². The average Bonchev–Trinajstić information content (AvgIpc) is 3.30. The predicted octanol–water partition coefficient (Wildman–Crippen LogP) is 0.202. The highest BCUT2D eigenvalue weighted by molar-refractivity contribution is 7.88. The first-order chi connectivity index (χ1) is 14.8. The number of carboxylic acid groups (broad SMARTS) is 1. The van der Waals surface area contributed by atoms with Crippen LogP contribution in [-0.4, -0.2) is 51.9 Å². The van der Waals surface area contributed by atoms with Crippen molar-refractivity contribution in [2.45, 2.75) is 51.0 Å². The number of rotatable bonds is 9. The zero-order valence-electron chi connectivity index (χ0n) is 17.5. The first-order valence-electron chi connectivity index (χ1n) is 10.5. The average molecular weight is 446 g/mol. The number of nitrogens with zero attached hydrogens (tertiary/aromatic N) is 4. The van der Waals surface area contributed by atoms with Gasteiger partial charge >= 0.3 is 5.97 Å². The van der Waals surface area contributed by atoms with Gasteiger partial charge in [-0.1, -0.05) is 17.4 Å². The number of nitrogens with one attached hydrogen (secondary N) is 1. The monoisotopic (exact) mass is 445 g/mol. The Hall–Kier alpha value is -2.72. The zero-order valence-corrected chi connectivity index (χ0v) is 18.3. The van der Waals surface area contributed by atoms with E-state index in [1.807, 2.05) is 17.1 Å². The molecule has 1 atom stereocenters. The number of hydrogen-bond acceptors (Lipinski definition) is 5. The van der Waals surface area contributed by atoms with E-state index in [1.54, 1.807) is 0 Å². The first-order valence-corrected chi connectivity index (χ1v) is 12.4. The van der Waals surface area contributed by atoms with Crippen LogP contribution in [0.2, 0.25) is 0 Å². The molecule has 9 nitrogen and oxygen atoms in total. The number of carboxylic acids is 1. The van der Waals surface area contributed by atoms with Crippen molar-refractivity contribution < 1.29 is 18.3 Å². The van der Waals surface area contributed by atoms with Crippen LogP contribution in [0.4, 0.5) is 0 Å². The SMILES string of the molecule is CS(=O)(=O)NCCCCc1cn(C2C=c3c(c(CC(=O)O)c4n3C=CCC=4)CC2)nn1. The Morgan fingerprint density at radius 1 is 1.32 bits per heavy atom. The second-order valence-corrected chi connectivity index (χ2v) is 9.91. The largest absolute Gasteiger partial charge is 0.481 e. The lowest BCUT2D eigenvalue weighted by Crippen LogP contribution is -2.28. The standard InChI is InChI=1S/C21H27N5O4S/c1-31(29,30)22-10-4-2-6-15-14-26(24-23-15)16-8-9-17-18(13-21(27)28)19-7-3-5-11-25(19)20(17)12-16/h5,7,11-12,14,16,22H,2-4,6,8-10,13H2,1H3,(H,27,28). The van der Waals surface area contributed by atoms with Crippen molar-refractivity contribution >= 4 is 34.3 Å². The fraction of sp³-hybridized carbons (Fsp3) is 0.476. The normalized spacial score (nSPS) is 17.5. The van der Waals surface area contributed by atoms with Gasteiger partial charge in [0.05, 0.1) is 24.4 Å². The summed E-state index contributed by atoms with van der Waals surface area (Å²) < 4.78 is 28.7. The molecule has 2 N–H and O–H groups in total. The maximum Gasteiger partial charge on any atom is 0.307 e. The van der Waals surface area contributed by atoms with Gasteiger partial charge in [0, 0.05) is 29.6 Å². The van der Waals surface area contributed by atoms with Gasteiger partial charge < -0.3 is 9.67 Å². The molecule has 0 aromatic carbocycles. The van der Waals surface area contributed by atoms with Gasteiger partial charge in [-0.3, -0.25) is 4.79 Å². The van der Waals surface area contributed by atoms with Gasteiger partial charge in [-0.15, -0.1) is 5.10 Å². The van der Waals surface area contributed by atoms with Gasteiger partial charge in [0.15, 0.2) is 0 Å². The van der Waals surface area contributed by atoms with E-state index in [4.69, 9.17) is 0 Å². The Morgan fingerprint density at radius 2 is 2.16 bits per heavy atom. The maximum absolute atomic E-state index is 11.4. The summed E-state index contributed by atoms with van der Waals surface area (Å²) in [6.07, 6.45) is 16.2. The van der Waals surface area contributed by atoms with E-state index in [2.05, 4.69) is 37.8 Å². The summed E-state index contributed by atoms with van der Waals surface area (Å²) in [6.45, 7) is 0.425. The molecule has 0 saturated carbocycles. The van der Waals surface area contributed by atoms with Gasteiger partial charge in [-0.25, -0.2) is 17.8 Å². The van der Waals surface area contributed by atoms with E-state index >= 15 is 0 Å². The van der Waals surface area contributed by atoms with E-state index in [0.29, 0.717) is 6.54 Å². The number of aromatic nitrogens is 4. The molecule has 1 unspecified atom stereocenters. The molecule has 0 fully saturated rings. The number of carbonyl (C=O) groups is 1. The van der Waals surface area contributed by atoms with Gasteiger partial charge in [-0.2, -0.15) is 0 Å². The zero-order chi connectivity index (χ0) is 22.0. The lowest BCUT2D eigenvalue weighted by atomic mass is 9.96. The van der Waals surface area contributed by atoms with Gasteiger partial charge in [0.1, 0.15) is 0 Å². The minimum absolute atomic E-state index is 0.0369. The number of aryl methyl sites for hydroxylation is 1. The molecule has 0 saturated heterocycles. The molecule has 1 aliphatic heterocycles. The second-order valence-electron chi connectivity index (χ2n) is 8.08. The molecule has 166 valence electrons. The van der Waals surface area contributed by atoms with Crippen molar-refractivity contribution in [3.63, 3.8) is 0 Å². The van der Waals surface area contributed by atoms with Crippen LogP contribution < -0.4 is 15.4 Å². The van der Waals surface area contributed by atoms with Crippen molar-refractivity contribution in [1.29, 1.82) is 0 Å². The summed E-state index contributed by atoms with van der Waals surface area (Å²) >= 11 is 0. The molecule has 31 heavy (non-hydrogen) atoms. The Balaban J connectivity index is 1.50. The smallest absolute Gasteiger partial charge is 0.307 e. The van der Waals surface area contributed by atoms with Gasteiger partial charge in [0.2, 0.25) is 10.0 Å². The predicted molar refractivity (Wildman–Crippen MR) is 117 cm³/mol. The molecule has 10 heteroatoms. The van der Waals surface area contributed by atoms with Crippen LogP contribution in [0.5, 0.6) is 0 Å².